The van der Waals surface area contributed by atoms with Crippen LogP contribution in [-0.4, -0.2) is 63.8 Å². The molecule has 0 unspecified atom stereocenters. The van der Waals surface area contributed by atoms with Gasteiger partial charge in [0.1, 0.15) is 0 Å². The molecule has 4 rings (SSSR count). The molecule has 1 aromatic heterocycles. The predicted octanol–water partition coefficient (Wildman–Crippen LogP) is 1.27. The lowest BCUT2D eigenvalue weighted by atomic mass is 10.0. The fraction of sp³-hybridized carbons (Fsp3) is 0.526. The summed E-state index contributed by atoms with van der Waals surface area (Å²) in [6.07, 6.45) is 4.17. The number of carbonyl (C=O) groups excluding carboxylic acids is 2. The SMILES string of the molecule is O=C(CCN1CCC[C@@H](N2CCCC2=O)C1)Nc1ccc2[nH]c(=O)[nH]c2c1. The molecule has 2 aliphatic heterocycles. The smallest absolute Gasteiger partial charge is 0.323 e. The number of carbonyl (C=O) groups is 2. The molecule has 0 radical (unpaired) electrons. The molecule has 0 bridgehead atoms. The molecule has 3 N–H and O–H groups in total. The van der Waals surface area contributed by atoms with E-state index in [9.17, 15) is 14.4 Å². The van der Waals surface area contributed by atoms with Gasteiger partial charge in [0, 0.05) is 44.2 Å². The Morgan fingerprint density at radius 2 is 2.00 bits per heavy atom. The van der Waals surface area contributed by atoms with Crippen molar-refractivity contribution in [2.75, 3.05) is 31.5 Å². The van der Waals surface area contributed by atoms with Crippen molar-refractivity contribution in [1.29, 1.82) is 0 Å². The Hall–Kier alpha value is -2.61. The number of rotatable bonds is 5. The molecule has 2 amide bonds. The summed E-state index contributed by atoms with van der Waals surface area (Å²) in [6.45, 7) is 3.40. The van der Waals surface area contributed by atoms with Crippen molar-refractivity contribution in [2.24, 2.45) is 0 Å². The Labute approximate surface area is 156 Å². The summed E-state index contributed by atoms with van der Waals surface area (Å²) >= 11 is 0. The van der Waals surface area contributed by atoms with Gasteiger partial charge in [-0.15, -0.1) is 0 Å². The van der Waals surface area contributed by atoms with E-state index < -0.39 is 0 Å². The number of piperidine rings is 1. The molecular formula is C19H25N5O3. The summed E-state index contributed by atoms with van der Waals surface area (Å²) < 4.78 is 0. The molecule has 1 aromatic carbocycles. The Morgan fingerprint density at radius 3 is 2.81 bits per heavy atom. The Bertz CT molecular complexity index is 902. The van der Waals surface area contributed by atoms with Crippen molar-refractivity contribution in [1.82, 2.24) is 19.8 Å². The van der Waals surface area contributed by atoms with Gasteiger partial charge in [0.15, 0.2) is 0 Å². The van der Waals surface area contributed by atoms with Gasteiger partial charge in [0.25, 0.3) is 0 Å². The largest absolute Gasteiger partial charge is 0.338 e. The second kappa shape index (κ2) is 7.56. The zero-order valence-electron chi connectivity index (χ0n) is 15.3. The first-order valence-electron chi connectivity index (χ1n) is 9.62. The normalized spacial score (nSPS) is 21.1. The van der Waals surface area contributed by atoms with Gasteiger partial charge in [0.2, 0.25) is 11.8 Å². The molecule has 8 nitrogen and oxygen atoms in total. The van der Waals surface area contributed by atoms with Crippen LogP contribution in [0.4, 0.5) is 5.69 Å². The maximum Gasteiger partial charge on any atom is 0.323 e. The first-order chi connectivity index (χ1) is 13.1. The number of likely N-dealkylation sites (tertiary alicyclic amines) is 2. The van der Waals surface area contributed by atoms with E-state index in [4.69, 9.17) is 0 Å². The van der Waals surface area contributed by atoms with Gasteiger partial charge >= 0.3 is 5.69 Å². The maximum absolute atomic E-state index is 12.3. The average Bonchev–Trinajstić information content (AvgIpc) is 3.24. The second-order valence-corrected chi connectivity index (χ2v) is 7.43. The number of benzene rings is 1. The zero-order chi connectivity index (χ0) is 18.8. The van der Waals surface area contributed by atoms with E-state index in [1.54, 1.807) is 18.2 Å². The predicted molar refractivity (Wildman–Crippen MR) is 103 cm³/mol. The number of nitrogens with one attached hydrogen (secondary N) is 3. The van der Waals surface area contributed by atoms with Crippen molar-refractivity contribution >= 4 is 28.5 Å². The molecular weight excluding hydrogens is 346 g/mol. The van der Waals surface area contributed by atoms with Crippen LogP contribution >= 0.6 is 0 Å². The molecule has 0 spiro atoms. The molecule has 0 saturated carbocycles. The first-order valence-corrected chi connectivity index (χ1v) is 9.62. The highest BCUT2D eigenvalue weighted by atomic mass is 16.2. The van der Waals surface area contributed by atoms with Crippen molar-refractivity contribution in [3.05, 3.63) is 28.7 Å². The minimum absolute atomic E-state index is 0.0494. The molecule has 1 atom stereocenters. The zero-order valence-corrected chi connectivity index (χ0v) is 15.3. The molecule has 144 valence electrons. The lowest BCUT2D eigenvalue weighted by molar-refractivity contribution is -0.130. The molecule has 8 heteroatoms. The monoisotopic (exact) mass is 371 g/mol. The van der Waals surface area contributed by atoms with Gasteiger partial charge in [0.05, 0.1) is 11.0 Å². The van der Waals surface area contributed by atoms with Gasteiger partial charge in [-0.05, 0) is 44.0 Å². The molecule has 2 fully saturated rings. The summed E-state index contributed by atoms with van der Waals surface area (Å²) in [7, 11) is 0. The number of H-pyrrole nitrogens is 2. The Morgan fingerprint density at radius 1 is 1.15 bits per heavy atom. The van der Waals surface area contributed by atoms with Gasteiger partial charge in [-0.25, -0.2) is 4.79 Å². The lowest BCUT2D eigenvalue weighted by Gasteiger charge is -2.37. The average molecular weight is 371 g/mol. The number of amides is 2. The van der Waals surface area contributed by atoms with Crippen LogP contribution in [0.2, 0.25) is 0 Å². The minimum atomic E-state index is -0.260. The van der Waals surface area contributed by atoms with Crippen LogP contribution in [-0.2, 0) is 9.59 Å². The topological polar surface area (TPSA) is 101 Å². The van der Waals surface area contributed by atoms with Crippen molar-refractivity contribution < 1.29 is 9.59 Å². The van der Waals surface area contributed by atoms with E-state index >= 15 is 0 Å². The highest BCUT2D eigenvalue weighted by Crippen LogP contribution is 2.21. The molecule has 2 saturated heterocycles. The number of anilines is 1. The highest BCUT2D eigenvalue weighted by molar-refractivity contribution is 5.93. The molecule has 0 aliphatic carbocycles. The summed E-state index contributed by atoms with van der Waals surface area (Å²) in [5, 5.41) is 2.89. The van der Waals surface area contributed by atoms with E-state index in [2.05, 4.69) is 20.2 Å². The molecule has 2 aromatic rings. The van der Waals surface area contributed by atoms with Gasteiger partial charge in [-0.1, -0.05) is 0 Å². The van der Waals surface area contributed by atoms with Gasteiger partial charge in [-0.3, -0.25) is 9.59 Å². The van der Waals surface area contributed by atoms with Crippen molar-refractivity contribution in [3.8, 4) is 0 Å². The lowest BCUT2D eigenvalue weighted by Crippen LogP contribution is -2.48. The van der Waals surface area contributed by atoms with Gasteiger partial charge in [-0.2, -0.15) is 0 Å². The Balaban J connectivity index is 1.29. The third-order valence-electron chi connectivity index (χ3n) is 5.49. The molecule has 27 heavy (non-hydrogen) atoms. The fourth-order valence-electron chi connectivity index (χ4n) is 4.14. The number of hydrogen-bond acceptors (Lipinski definition) is 4. The summed E-state index contributed by atoms with van der Waals surface area (Å²) in [5.41, 5.74) is 1.80. The van der Waals surface area contributed by atoms with Crippen LogP contribution in [0, 0.1) is 0 Å². The third kappa shape index (κ3) is 4.05. The van der Waals surface area contributed by atoms with Crippen molar-refractivity contribution in [2.45, 2.75) is 38.1 Å². The van der Waals surface area contributed by atoms with E-state index in [-0.39, 0.29) is 17.5 Å². The van der Waals surface area contributed by atoms with Crippen LogP contribution in [0.15, 0.2) is 23.0 Å². The standard InChI is InChI=1S/C19H25N5O3/c25-17(20-13-5-6-15-16(11-13)22-19(27)21-15)7-10-23-8-1-3-14(12-23)24-9-2-4-18(24)26/h5-6,11,14H,1-4,7-10,12H2,(H,20,25)(H2,21,22,27)/t14-/m1/s1. The Kier molecular flexibility index (Phi) is 4.98. The van der Waals surface area contributed by atoms with Crippen LogP contribution in [0.1, 0.15) is 32.1 Å². The minimum Gasteiger partial charge on any atom is -0.338 e. The number of hydrogen-bond donors (Lipinski definition) is 3. The fourth-order valence-corrected chi connectivity index (χ4v) is 4.14. The summed E-state index contributed by atoms with van der Waals surface area (Å²) in [5.74, 6) is 0.226. The van der Waals surface area contributed by atoms with E-state index in [0.29, 0.717) is 42.1 Å². The van der Waals surface area contributed by atoms with E-state index in [0.717, 1.165) is 38.9 Å². The number of aromatic nitrogens is 2. The summed E-state index contributed by atoms with van der Waals surface area (Å²) in [6, 6.07) is 5.59. The number of nitrogens with zero attached hydrogens (tertiary/aromatic N) is 2. The summed E-state index contributed by atoms with van der Waals surface area (Å²) in [4.78, 5) is 45.3. The second-order valence-electron chi connectivity index (χ2n) is 7.43. The highest BCUT2D eigenvalue weighted by Gasteiger charge is 2.31. The molecule has 2 aliphatic rings. The van der Waals surface area contributed by atoms with Crippen LogP contribution in [0.5, 0.6) is 0 Å². The maximum atomic E-state index is 12.3. The number of fused-ring (bicyclic) bond motifs is 1. The molecule has 3 heterocycles. The number of imidazole rings is 1. The van der Waals surface area contributed by atoms with E-state index in [1.165, 1.54) is 0 Å². The van der Waals surface area contributed by atoms with E-state index in [1.807, 2.05) is 4.90 Å². The third-order valence-corrected chi connectivity index (χ3v) is 5.49. The van der Waals surface area contributed by atoms with Crippen LogP contribution < -0.4 is 11.0 Å². The van der Waals surface area contributed by atoms with Crippen LogP contribution in [0.25, 0.3) is 11.0 Å². The van der Waals surface area contributed by atoms with Crippen LogP contribution in [0.3, 0.4) is 0 Å². The van der Waals surface area contributed by atoms with Crippen molar-refractivity contribution in [3.63, 3.8) is 0 Å². The first kappa shape index (κ1) is 17.8. The quantitative estimate of drug-likeness (QED) is 0.737. The van der Waals surface area contributed by atoms with Gasteiger partial charge < -0.3 is 25.1 Å². The number of aromatic amines is 2.